The Morgan fingerprint density at radius 1 is 1.37 bits per heavy atom. The first-order valence-corrected chi connectivity index (χ1v) is 5.44. The molecule has 1 aromatic rings. The van der Waals surface area contributed by atoms with Gasteiger partial charge in [0.25, 0.3) is 5.69 Å². The van der Waals surface area contributed by atoms with Crippen molar-refractivity contribution in [3.8, 4) is 5.75 Å². The summed E-state index contributed by atoms with van der Waals surface area (Å²) >= 11 is 0. The molecule has 1 heterocycles. The van der Waals surface area contributed by atoms with Crippen molar-refractivity contribution in [3.63, 3.8) is 0 Å². The summed E-state index contributed by atoms with van der Waals surface area (Å²) < 4.78 is 9.71. The largest absolute Gasteiger partial charge is 0.514 e. The molecule has 1 atom stereocenters. The highest BCUT2D eigenvalue weighted by Gasteiger charge is 2.25. The lowest BCUT2D eigenvalue weighted by atomic mass is 10.3. The Morgan fingerprint density at radius 2 is 2.05 bits per heavy atom. The molecule has 0 bridgehead atoms. The SMILES string of the molecule is O=C1C[C@H](OC(=O)Oc2ccc([N+](=O)[O-])cc2)CN1. The Labute approximate surface area is 107 Å². The molecule has 1 aliphatic rings. The Morgan fingerprint density at radius 3 is 2.58 bits per heavy atom. The highest BCUT2D eigenvalue weighted by atomic mass is 16.7. The van der Waals surface area contributed by atoms with Crippen LogP contribution in [0.2, 0.25) is 0 Å². The standard InChI is InChI=1S/C11H10N2O6/c14-10-5-9(6-12-10)19-11(15)18-8-3-1-7(2-4-8)13(16)17/h1-4,9H,5-6H2,(H,12,14)/t9-/m0/s1. The van der Waals surface area contributed by atoms with Crippen LogP contribution in [0.4, 0.5) is 10.5 Å². The summed E-state index contributed by atoms with van der Waals surface area (Å²) in [5.74, 6) is -0.0546. The van der Waals surface area contributed by atoms with Crippen LogP contribution < -0.4 is 10.1 Å². The maximum atomic E-state index is 11.4. The van der Waals surface area contributed by atoms with Gasteiger partial charge in [-0.2, -0.15) is 0 Å². The first kappa shape index (κ1) is 12.8. The average Bonchev–Trinajstić information content (AvgIpc) is 2.75. The van der Waals surface area contributed by atoms with Gasteiger partial charge in [-0.05, 0) is 12.1 Å². The molecular weight excluding hydrogens is 256 g/mol. The van der Waals surface area contributed by atoms with E-state index in [-0.39, 0.29) is 30.3 Å². The van der Waals surface area contributed by atoms with Crippen LogP contribution in [0.15, 0.2) is 24.3 Å². The minimum Gasteiger partial charge on any atom is -0.428 e. The van der Waals surface area contributed by atoms with Crippen molar-refractivity contribution in [1.29, 1.82) is 0 Å². The minimum absolute atomic E-state index is 0.105. The molecule has 8 heteroatoms. The normalized spacial score (nSPS) is 17.7. The monoisotopic (exact) mass is 266 g/mol. The molecule has 1 N–H and O–H groups in total. The lowest BCUT2D eigenvalue weighted by molar-refractivity contribution is -0.384. The number of amides is 1. The van der Waals surface area contributed by atoms with E-state index >= 15 is 0 Å². The third-order valence-electron chi connectivity index (χ3n) is 2.45. The molecule has 2 rings (SSSR count). The Hall–Kier alpha value is -2.64. The number of benzene rings is 1. The summed E-state index contributed by atoms with van der Waals surface area (Å²) in [7, 11) is 0. The van der Waals surface area contributed by atoms with E-state index in [0.717, 1.165) is 0 Å². The van der Waals surface area contributed by atoms with Crippen molar-refractivity contribution in [1.82, 2.24) is 5.32 Å². The molecule has 0 radical (unpaired) electrons. The third-order valence-corrected chi connectivity index (χ3v) is 2.45. The first-order chi connectivity index (χ1) is 9.04. The van der Waals surface area contributed by atoms with Crippen molar-refractivity contribution in [3.05, 3.63) is 34.4 Å². The van der Waals surface area contributed by atoms with Gasteiger partial charge in [-0.1, -0.05) is 0 Å². The number of rotatable bonds is 3. The van der Waals surface area contributed by atoms with Gasteiger partial charge in [-0.25, -0.2) is 4.79 Å². The van der Waals surface area contributed by atoms with E-state index in [1.54, 1.807) is 0 Å². The summed E-state index contributed by atoms with van der Waals surface area (Å²) in [5.41, 5.74) is -0.105. The second kappa shape index (κ2) is 5.34. The highest BCUT2D eigenvalue weighted by molar-refractivity contribution is 5.79. The van der Waals surface area contributed by atoms with Crippen molar-refractivity contribution in [2.24, 2.45) is 0 Å². The number of nitrogens with one attached hydrogen (secondary N) is 1. The number of hydrogen-bond donors (Lipinski definition) is 1. The van der Waals surface area contributed by atoms with Gasteiger partial charge < -0.3 is 14.8 Å². The van der Waals surface area contributed by atoms with E-state index in [4.69, 9.17) is 9.47 Å². The van der Waals surface area contributed by atoms with Crippen LogP contribution in [-0.2, 0) is 9.53 Å². The molecule has 0 saturated carbocycles. The number of nitro benzene ring substituents is 1. The van der Waals surface area contributed by atoms with Crippen molar-refractivity contribution in [2.75, 3.05) is 6.54 Å². The van der Waals surface area contributed by atoms with Crippen LogP contribution in [0.3, 0.4) is 0 Å². The molecule has 1 fully saturated rings. The lowest BCUT2D eigenvalue weighted by Gasteiger charge is -2.09. The topological polar surface area (TPSA) is 108 Å². The number of hydrogen-bond acceptors (Lipinski definition) is 6. The van der Waals surface area contributed by atoms with Gasteiger partial charge in [0.05, 0.1) is 17.9 Å². The Balaban J connectivity index is 1.88. The second-order valence-electron chi connectivity index (χ2n) is 3.85. The maximum Gasteiger partial charge on any atom is 0.514 e. The number of nitrogens with zero attached hydrogens (tertiary/aromatic N) is 1. The summed E-state index contributed by atoms with van der Waals surface area (Å²) in [6.45, 7) is 0.258. The second-order valence-corrected chi connectivity index (χ2v) is 3.85. The summed E-state index contributed by atoms with van der Waals surface area (Å²) in [5, 5.41) is 12.9. The molecule has 8 nitrogen and oxygen atoms in total. The minimum atomic E-state index is -0.949. The molecule has 0 aliphatic carbocycles. The van der Waals surface area contributed by atoms with E-state index in [0.29, 0.717) is 0 Å². The molecule has 1 amide bonds. The van der Waals surface area contributed by atoms with E-state index in [1.165, 1.54) is 24.3 Å². The third kappa shape index (κ3) is 3.41. The number of nitro groups is 1. The highest BCUT2D eigenvalue weighted by Crippen LogP contribution is 2.18. The Bertz CT molecular complexity index is 512. The van der Waals surface area contributed by atoms with Crippen LogP contribution >= 0.6 is 0 Å². The molecule has 1 saturated heterocycles. The van der Waals surface area contributed by atoms with Crippen LogP contribution in [0, 0.1) is 10.1 Å². The van der Waals surface area contributed by atoms with Crippen molar-refractivity contribution in [2.45, 2.75) is 12.5 Å². The van der Waals surface area contributed by atoms with Crippen LogP contribution in [0.1, 0.15) is 6.42 Å². The molecule has 0 spiro atoms. The van der Waals surface area contributed by atoms with E-state index in [9.17, 15) is 19.7 Å². The summed E-state index contributed by atoms with van der Waals surface area (Å²) in [4.78, 5) is 32.1. The fraction of sp³-hybridized carbons (Fsp3) is 0.273. The molecule has 1 aliphatic heterocycles. The maximum absolute atomic E-state index is 11.4. The van der Waals surface area contributed by atoms with E-state index < -0.39 is 17.2 Å². The van der Waals surface area contributed by atoms with Gasteiger partial charge in [0.2, 0.25) is 5.91 Å². The zero-order valence-corrected chi connectivity index (χ0v) is 9.70. The van der Waals surface area contributed by atoms with Crippen LogP contribution in [0.5, 0.6) is 5.75 Å². The van der Waals surface area contributed by atoms with Gasteiger partial charge >= 0.3 is 6.16 Å². The average molecular weight is 266 g/mol. The summed E-state index contributed by atoms with van der Waals surface area (Å²) in [6, 6.07) is 5.00. The van der Waals surface area contributed by atoms with Gasteiger partial charge in [-0.3, -0.25) is 14.9 Å². The van der Waals surface area contributed by atoms with Gasteiger partial charge in [0.15, 0.2) is 0 Å². The smallest absolute Gasteiger partial charge is 0.428 e. The van der Waals surface area contributed by atoms with Gasteiger partial charge in [0.1, 0.15) is 11.9 Å². The predicted octanol–water partition coefficient (Wildman–Crippen LogP) is 0.999. The van der Waals surface area contributed by atoms with E-state index in [2.05, 4.69) is 5.32 Å². The molecule has 1 aromatic carbocycles. The summed E-state index contributed by atoms with van der Waals surface area (Å²) in [6.07, 6.45) is -1.39. The van der Waals surface area contributed by atoms with Crippen molar-refractivity contribution >= 4 is 17.7 Å². The van der Waals surface area contributed by atoms with Gasteiger partial charge in [0, 0.05) is 12.1 Å². The van der Waals surface area contributed by atoms with E-state index in [1.807, 2.05) is 0 Å². The first-order valence-electron chi connectivity index (χ1n) is 5.44. The van der Waals surface area contributed by atoms with Gasteiger partial charge in [-0.15, -0.1) is 0 Å². The Kier molecular flexibility index (Phi) is 3.60. The van der Waals surface area contributed by atoms with Crippen molar-refractivity contribution < 1.29 is 24.0 Å². The lowest BCUT2D eigenvalue weighted by Crippen LogP contribution is -2.23. The molecular formula is C11H10N2O6. The fourth-order valence-corrected chi connectivity index (χ4v) is 1.55. The number of non-ortho nitro benzene ring substituents is 1. The van der Waals surface area contributed by atoms with Crippen LogP contribution in [-0.4, -0.2) is 29.6 Å². The zero-order valence-electron chi connectivity index (χ0n) is 9.70. The molecule has 0 aromatic heterocycles. The molecule has 19 heavy (non-hydrogen) atoms. The van der Waals surface area contributed by atoms with Crippen LogP contribution in [0.25, 0.3) is 0 Å². The molecule has 100 valence electrons. The quantitative estimate of drug-likeness (QED) is 0.378. The number of carbonyl (C=O) groups excluding carboxylic acids is 2. The molecule has 0 unspecified atom stereocenters. The zero-order chi connectivity index (χ0) is 13.8. The predicted molar refractivity (Wildman–Crippen MR) is 61.6 cm³/mol. The number of carbonyl (C=O) groups is 2. The number of ether oxygens (including phenoxy) is 2. The fourth-order valence-electron chi connectivity index (χ4n) is 1.55.